The number of hydrogen-bond donors (Lipinski definition) is 3. The minimum absolute atomic E-state index is 0.00204. The van der Waals surface area contributed by atoms with Gasteiger partial charge in [-0.3, -0.25) is 0 Å². The number of nitrogens with zero attached hydrogens (tertiary/aromatic N) is 2. The highest BCUT2D eigenvalue weighted by Crippen LogP contribution is 2.21. The van der Waals surface area contributed by atoms with Crippen LogP contribution in [0.2, 0.25) is 0 Å². The number of sulfonamides is 1. The highest BCUT2D eigenvalue weighted by atomic mass is 32.2. The van der Waals surface area contributed by atoms with Crippen LogP contribution in [-0.4, -0.2) is 42.5 Å². The minimum Gasteiger partial charge on any atom is -0.395 e. The lowest BCUT2D eigenvalue weighted by atomic mass is 10.5. The van der Waals surface area contributed by atoms with Crippen LogP contribution in [0.25, 0.3) is 0 Å². The monoisotopic (exact) mass is 260 g/mol. The van der Waals surface area contributed by atoms with Gasteiger partial charge in [-0.05, 0) is 12.1 Å². The molecule has 1 heterocycles. The van der Waals surface area contributed by atoms with Crippen molar-refractivity contribution in [1.29, 1.82) is 0 Å². The number of aliphatic hydroxyl groups is 1. The number of hydrogen-bond acceptors (Lipinski definition) is 6. The highest BCUT2D eigenvalue weighted by Gasteiger charge is 2.25. The van der Waals surface area contributed by atoms with E-state index in [2.05, 4.69) is 10.4 Å². The maximum Gasteiger partial charge on any atom is 0.246 e. The average Bonchev–Trinajstić information content (AvgIpc) is 2.35. The number of nitrogens with two attached hydrogens (primary N) is 1. The van der Waals surface area contributed by atoms with E-state index in [-0.39, 0.29) is 30.4 Å². The molecular formula is C9H16N4O3S. The molecular weight excluding hydrogens is 244 g/mol. The van der Waals surface area contributed by atoms with Crippen LogP contribution in [0, 0.1) is 0 Å². The molecule has 17 heavy (non-hydrogen) atoms. The molecule has 0 aliphatic rings. The summed E-state index contributed by atoms with van der Waals surface area (Å²) in [5, 5.41) is 8.84. The van der Waals surface area contributed by atoms with E-state index in [1.807, 2.05) is 0 Å². The van der Waals surface area contributed by atoms with Crippen LogP contribution in [0.5, 0.6) is 0 Å². The fraction of sp³-hybridized carbons (Fsp3) is 0.444. The quantitative estimate of drug-likeness (QED) is 0.464. The van der Waals surface area contributed by atoms with Gasteiger partial charge in [0.1, 0.15) is 4.90 Å². The van der Waals surface area contributed by atoms with Crippen molar-refractivity contribution in [2.24, 2.45) is 5.84 Å². The Morgan fingerprint density at radius 2 is 2.29 bits per heavy atom. The Labute approximate surface area is 100 Å². The van der Waals surface area contributed by atoms with Gasteiger partial charge >= 0.3 is 0 Å². The summed E-state index contributed by atoms with van der Waals surface area (Å²) >= 11 is 0. The van der Waals surface area contributed by atoms with Gasteiger partial charge in [0.15, 0.2) is 5.82 Å². The smallest absolute Gasteiger partial charge is 0.246 e. The summed E-state index contributed by atoms with van der Waals surface area (Å²) in [4.78, 5) is 3.83. The summed E-state index contributed by atoms with van der Waals surface area (Å²) in [6.45, 7) is 1.76. The van der Waals surface area contributed by atoms with Crippen molar-refractivity contribution in [1.82, 2.24) is 9.29 Å². The SMILES string of the molecule is CCN(CCO)S(=O)(=O)c1cccnc1NN. The lowest BCUT2D eigenvalue weighted by Crippen LogP contribution is -2.34. The van der Waals surface area contributed by atoms with Gasteiger partial charge in [-0.15, -0.1) is 0 Å². The van der Waals surface area contributed by atoms with Crippen molar-refractivity contribution in [3.63, 3.8) is 0 Å². The number of rotatable bonds is 6. The molecule has 0 amide bonds. The van der Waals surface area contributed by atoms with Gasteiger partial charge in [-0.1, -0.05) is 6.92 Å². The molecule has 0 fully saturated rings. The van der Waals surface area contributed by atoms with E-state index in [0.717, 1.165) is 4.31 Å². The van der Waals surface area contributed by atoms with Crippen molar-refractivity contribution in [2.45, 2.75) is 11.8 Å². The van der Waals surface area contributed by atoms with E-state index < -0.39 is 10.0 Å². The largest absolute Gasteiger partial charge is 0.395 e. The van der Waals surface area contributed by atoms with Crippen molar-refractivity contribution >= 4 is 15.8 Å². The van der Waals surface area contributed by atoms with Crippen LogP contribution in [0.15, 0.2) is 23.2 Å². The second kappa shape index (κ2) is 5.92. The maximum atomic E-state index is 12.2. The van der Waals surface area contributed by atoms with E-state index in [1.54, 1.807) is 6.92 Å². The van der Waals surface area contributed by atoms with E-state index >= 15 is 0 Å². The van der Waals surface area contributed by atoms with Crippen LogP contribution in [-0.2, 0) is 10.0 Å². The first-order valence-corrected chi connectivity index (χ1v) is 6.54. The molecule has 0 saturated heterocycles. The van der Waals surface area contributed by atoms with Crippen molar-refractivity contribution < 1.29 is 13.5 Å². The Bertz CT molecular complexity index is 463. The molecule has 0 spiro atoms. The molecule has 0 radical (unpaired) electrons. The highest BCUT2D eigenvalue weighted by molar-refractivity contribution is 7.89. The number of aliphatic hydroxyl groups excluding tert-OH is 1. The van der Waals surface area contributed by atoms with Gasteiger partial charge < -0.3 is 10.5 Å². The van der Waals surface area contributed by atoms with Crippen molar-refractivity contribution in [3.05, 3.63) is 18.3 Å². The Kier molecular flexibility index (Phi) is 4.82. The topological polar surface area (TPSA) is 109 Å². The molecule has 1 aromatic heterocycles. The van der Waals surface area contributed by atoms with Crippen LogP contribution in [0.4, 0.5) is 5.82 Å². The normalized spacial score (nSPS) is 11.8. The lowest BCUT2D eigenvalue weighted by Gasteiger charge is -2.20. The minimum atomic E-state index is -3.69. The third-order valence-corrected chi connectivity index (χ3v) is 4.23. The van der Waals surface area contributed by atoms with Gasteiger partial charge in [-0.2, -0.15) is 4.31 Å². The van der Waals surface area contributed by atoms with E-state index in [0.29, 0.717) is 0 Å². The molecule has 0 unspecified atom stereocenters. The Balaban J connectivity index is 3.20. The fourth-order valence-corrected chi connectivity index (χ4v) is 2.95. The Morgan fingerprint density at radius 3 is 2.82 bits per heavy atom. The zero-order valence-electron chi connectivity index (χ0n) is 9.50. The van der Waals surface area contributed by atoms with Crippen LogP contribution in [0.1, 0.15) is 6.92 Å². The van der Waals surface area contributed by atoms with Crippen LogP contribution in [0.3, 0.4) is 0 Å². The molecule has 4 N–H and O–H groups in total. The van der Waals surface area contributed by atoms with Crippen molar-refractivity contribution in [3.8, 4) is 0 Å². The molecule has 0 aliphatic carbocycles. The average molecular weight is 260 g/mol. The molecule has 0 aliphatic heterocycles. The molecule has 0 atom stereocenters. The fourth-order valence-electron chi connectivity index (χ4n) is 1.41. The molecule has 8 heteroatoms. The summed E-state index contributed by atoms with van der Waals surface area (Å²) in [6.07, 6.45) is 1.44. The van der Waals surface area contributed by atoms with Gasteiger partial charge in [0.25, 0.3) is 0 Å². The number of anilines is 1. The standard InChI is InChI=1S/C9H16N4O3S/c1-2-13(6-7-14)17(15,16)8-4-3-5-11-9(8)12-10/h3-5,14H,2,6-7,10H2,1H3,(H,11,12). The number of pyridine rings is 1. The second-order valence-electron chi connectivity index (χ2n) is 3.21. The molecule has 96 valence electrons. The first-order chi connectivity index (χ1) is 8.07. The maximum absolute atomic E-state index is 12.2. The summed E-state index contributed by atoms with van der Waals surface area (Å²) in [5.74, 6) is 5.30. The number of aromatic nitrogens is 1. The molecule has 7 nitrogen and oxygen atoms in total. The second-order valence-corrected chi connectivity index (χ2v) is 5.12. The Morgan fingerprint density at radius 1 is 1.59 bits per heavy atom. The van der Waals surface area contributed by atoms with Crippen LogP contribution >= 0.6 is 0 Å². The molecule has 0 bridgehead atoms. The van der Waals surface area contributed by atoms with E-state index in [4.69, 9.17) is 10.9 Å². The number of nitrogens with one attached hydrogen (secondary N) is 1. The Hall–Kier alpha value is -1.22. The van der Waals surface area contributed by atoms with Gasteiger partial charge in [0.2, 0.25) is 10.0 Å². The first kappa shape index (κ1) is 13.8. The van der Waals surface area contributed by atoms with Gasteiger partial charge in [-0.25, -0.2) is 19.2 Å². The molecule has 1 rings (SSSR count). The van der Waals surface area contributed by atoms with Gasteiger partial charge in [0.05, 0.1) is 6.61 Å². The lowest BCUT2D eigenvalue weighted by molar-refractivity contribution is 0.257. The number of hydrazine groups is 1. The molecule has 0 saturated carbocycles. The summed E-state index contributed by atoms with van der Waals surface area (Å²) in [7, 11) is -3.69. The zero-order valence-corrected chi connectivity index (χ0v) is 10.3. The molecule has 1 aromatic rings. The van der Waals surface area contributed by atoms with Gasteiger partial charge in [0, 0.05) is 19.3 Å². The summed E-state index contributed by atoms with van der Waals surface area (Å²) in [5.41, 5.74) is 2.24. The predicted molar refractivity (Wildman–Crippen MR) is 63.6 cm³/mol. The third-order valence-electron chi connectivity index (χ3n) is 2.23. The molecule has 0 aromatic carbocycles. The zero-order chi connectivity index (χ0) is 12.9. The van der Waals surface area contributed by atoms with Crippen molar-refractivity contribution in [2.75, 3.05) is 25.1 Å². The van der Waals surface area contributed by atoms with E-state index in [9.17, 15) is 8.42 Å². The number of nitrogen functional groups attached to an aromatic ring is 1. The number of likely N-dealkylation sites (N-methyl/N-ethyl adjacent to an activating group) is 1. The summed E-state index contributed by atoms with van der Waals surface area (Å²) in [6, 6.07) is 2.93. The predicted octanol–water partition coefficient (Wildman–Crippen LogP) is -0.630. The van der Waals surface area contributed by atoms with Crippen LogP contribution < -0.4 is 11.3 Å². The first-order valence-electron chi connectivity index (χ1n) is 5.10. The van der Waals surface area contributed by atoms with E-state index in [1.165, 1.54) is 18.3 Å². The summed E-state index contributed by atoms with van der Waals surface area (Å²) < 4.78 is 25.6. The third kappa shape index (κ3) is 2.91.